The van der Waals surface area contributed by atoms with E-state index < -0.39 is 6.04 Å². The second-order valence-corrected chi connectivity index (χ2v) is 9.72. The third kappa shape index (κ3) is 6.69. The number of nitriles is 1. The highest BCUT2D eigenvalue weighted by atomic mass is 16.5. The van der Waals surface area contributed by atoms with E-state index in [1.807, 2.05) is 66.7 Å². The third-order valence-electron chi connectivity index (χ3n) is 6.63. The summed E-state index contributed by atoms with van der Waals surface area (Å²) in [5.41, 5.74) is 3.92. The van der Waals surface area contributed by atoms with Crippen molar-refractivity contribution < 1.29 is 9.53 Å². The Labute approximate surface area is 213 Å². The van der Waals surface area contributed by atoms with Crippen LogP contribution in [0.3, 0.4) is 0 Å². The predicted octanol–water partition coefficient (Wildman–Crippen LogP) is 4.33. The van der Waals surface area contributed by atoms with Gasteiger partial charge in [0.15, 0.2) is 0 Å². The fraction of sp³-hybridized carbons (Fsp3) is 0.345. The molecule has 0 spiro atoms. The van der Waals surface area contributed by atoms with Crippen molar-refractivity contribution in [3.05, 3.63) is 89.6 Å². The maximum Gasteiger partial charge on any atom is 0.247 e. The Kier molecular flexibility index (Phi) is 8.32. The number of rotatable bonds is 11. The molecule has 7 nitrogen and oxygen atoms in total. The van der Waals surface area contributed by atoms with Gasteiger partial charge in [-0.2, -0.15) is 5.26 Å². The van der Waals surface area contributed by atoms with Crippen LogP contribution in [0.15, 0.2) is 72.9 Å². The van der Waals surface area contributed by atoms with Gasteiger partial charge in [-0.1, -0.05) is 49.4 Å². The smallest absolute Gasteiger partial charge is 0.247 e. The lowest BCUT2D eigenvalue weighted by Gasteiger charge is -2.39. The van der Waals surface area contributed by atoms with Gasteiger partial charge in [0.2, 0.25) is 5.91 Å². The zero-order valence-electron chi connectivity index (χ0n) is 20.9. The van der Waals surface area contributed by atoms with Crippen LogP contribution in [0.4, 0.5) is 11.5 Å². The van der Waals surface area contributed by atoms with E-state index in [0.717, 1.165) is 49.4 Å². The van der Waals surface area contributed by atoms with Crippen LogP contribution in [0.25, 0.3) is 0 Å². The summed E-state index contributed by atoms with van der Waals surface area (Å²) >= 11 is 0. The number of pyridine rings is 1. The summed E-state index contributed by atoms with van der Waals surface area (Å²) in [7, 11) is 2.06. The number of hydrogen-bond donors (Lipinski definition) is 2. The lowest BCUT2D eigenvalue weighted by molar-refractivity contribution is -0.118. The van der Waals surface area contributed by atoms with Crippen LogP contribution in [-0.4, -0.2) is 44.2 Å². The molecule has 1 fully saturated rings. The standard InChI is InChI=1S/C29H33N5O2/c1-29(20-36-21-29)15-17-34(2)25-12-13-26(32-19-25)33-28(35)27(24-6-4-3-5-7-24)31-16-14-22-8-10-23(18-30)11-9-22/h3-13,19,27,31H,14-17,20-21H2,1-2H3,(H,32,33,35)/t27-/m0/s1. The molecule has 3 aromatic rings. The van der Waals surface area contributed by atoms with E-state index in [-0.39, 0.29) is 11.3 Å². The van der Waals surface area contributed by atoms with Crippen LogP contribution in [-0.2, 0) is 16.0 Å². The van der Waals surface area contributed by atoms with Crippen molar-refractivity contribution in [3.63, 3.8) is 0 Å². The summed E-state index contributed by atoms with van der Waals surface area (Å²) in [6.45, 7) is 5.44. The number of anilines is 2. The van der Waals surface area contributed by atoms with Gasteiger partial charge in [0, 0.05) is 25.6 Å². The molecule has 0 saturated carbocycles. The number of amides is 1. The zero-order valence-corrected chi connectivity index (χ0v) is 20.9. The van der Waals surface area contributed by atoms with Crippen molar-refractivity contribution in [1.82, 2.24) is 10.3 Å². The van der Waals surface area contributed by atoms with Crippen LogP contribution >= 0.6 is 0 Å². The number of hydrogen-bond acceptors (Lipinski definition) is 6. The minimum atomic E-state index is -0.515. The highest BCUT2D eigenvalue weighted by Gasteiger charge is 2.33. The minimum Gasteiger partial charge on any atom is -0.380 e. The fourth-order valence-electron chi connectivity index (χ4n) is 4.16. The highest BCUT2D eigenvalue weighted by Crippen LogP contribution is 2.31. The topological polar surface area (TPSA) is 90.3 Å². The Morgan fingerprint density at radius 1 is 1.14 bits per heavy atom. The highest BCUT2D eigenvalue weighted by molar-refractivity contribution is 5.94. The molecule has 186 valence electrons. The molecule has 1 amide bonds. The van der Waals surface area contributed by atoms with Crippen molar-refractivity contribution >= 4 is 17.4 Å². The Morgan fingerprint density at radius 2 is 1.89 bits per heavy atom. The van der Waals surface area contributed by atoms with Gasteiger partial charge in [0.25, 0.3) is 0 Å². The quantitative estimate of drug-likeness (QED) is 0.422. The summed E-state index contributed by atoms with van der Waals surface area (Å²) in [4.78, 5) is 19.9. The van der Waals surface area contributed by atoms with Crippen LogP contribution in [0.5, 0.6) is 0 Å². The Hall–Kier alpha value is -3.73. The van der Waals surface area contributed by atoms with Crippen molar-refractivity contribution in [1.29, 1.82) is 5.26 Å². The molecule has 0 bridgehead atoms. The van der Waals surface area contributed by atoms with Gasteiger partial charge in [-0.15, -0.1) is 0 Å². The van der Waals surface area contributed by atoms with Gasteiger partial charge in [0.1, 0.15) is 11.9 Å². The molecule has 2 aromatic carbocycles. The van der Waals surface area contributed by atoms with Gasteiger partial charge >= 0.3 is 0 Å². The molecular weight excluding hydrogens is 450 g/mol. The molecule has 1 aliphatic heterocycles. The maximum atomic E-state index is 13.2. The molecule has 1 aromatic heterocycles. The number of benzene rings is 2. The number of carbonyl (C=O) groups is 1. The number of nitrogens with one attached hydrogen (secondary N) is 2. The Bertz CT molecular complexity index is 1170. The van der Waals surface area contributed by atoms with Gasteiger partial charge < -0.3 is 20.3 Å². The van der Waals surface area contributed by atoms with Crippen molar-refractivity contribution in [2.24, 2.45) is 5.41 Å². The molecule has 0 aliphatic carbocycles. The number of carbonyl (C=O) groups excluding carboxylic acids is 1. The summed E-state index contributed by atoms with van der Waals surface area (Å²) in [6.07, 6.45) is 3.60. The SMILES string of the molecule is CN(CCC1(C)COC1)c1ccc(NC(=O)[C@@H](NCCc2ccc(C#N)cc2)c2ccccc2)nc1. The van der Waals surface area contributed by atoms with E-state index in [9.17, 15) is 4.79 Å². The first kappa shape index (κ1) is 25.4. The number of ether oxygens (including phenoxy) is 1. The molecule has 0 radical (unpaired) electrons. The second-order valence-electron chi connectivity index (χ2n) is 9.72. The molecule has 1 saturated heterocycles. The predicted molar refractivity (Wildman–Crippen MR) is 142 cm³/mol. The van der Waals surface area contributed by atoms with Crippen LogP contribution in [0, 0.1) is 16.7 Å². The van der Waals surface area contributed by atoms with Gasteiger partial charge in [-0.3, -0.25) is 4.79 Å². The second kappa shape index (κ2) is 11.8. The third-order valence-corrected chi connectivity index (χ3v) is 6.63. The minimum absolute atomic E-state index is 0.160. The molecule has 1 atom stereocenters. The van der Waals surface area contributed by atoms with Gasteiger partial charge in [0.05, 0.1) is 36.7 Å². The van der Waals surface area contributed by atoms with Crippen LogP contribution < -0.4 is 15.5 Å². The normalized spacial score (nSPS) is 14.8. The molecule has 7 heteroatoms. The van der Waals surface area contributed by atoms with Crippen molar-refractivity contribution in [3.8, 4) is 6.07 Å². The maximum absolute atomic E-state index is 13.2. The van der Waals surface area contributed by atoms with Crippen LogP contribution in [0.1, 0.15) is 36.1 Å². The lowest BCUT2D eigenvalue weighted by Crippen LogP contribution is -2.42. The monoisotopic (exact) mass is 483 g/mol. The average molecular weight is 484 g/mol. The summed E-state index contributed by atoms with van der Waals surface area (Å²) in [5, 5.41) is 15.3. The zero-order chi connectivity index (χ0) is 25.4. The largest absolute Gasteiger partial charge is 0.380 e. The van der Waals surface area contributed by atoms with E-state index in [1.165, 1.54) is 0 Å². The first-order chi connectivity index (χ1) is 17.5. The van der Waals surface area contributed by atoms with E-state index in [2.05, 4.69) is 40.6 Å². The van der Waals surface area contributed by atoms with E-state index in [1.54, 1.807) is 6.20 Å². The first-order valence-corrected chi connectivity index (χ1v) is 12.3. The van der Waals surface area contributed by atoms with Crippen molar-refractivity contribution in [2.45, 2.75) is 25.8 Å². The summed E-state index contributed by atoms with van der Waals surface area (Å²) < 4.78 is 5.35. The number of nitrogens with zero attached hydrogens (tertiary/aromatic N) is 3. The van der Waals surface area contributed by atoms with Gasteiger partial charge in [-0.25, -0.2) is 4.98 Å². The van der Waals surface area contributed by atoms with E-state index in [4.69, 9.17) is 10.00 Å². The molecule has 2 heterocycles. The summed E-state index contributed by atoms with van der Waals surface area (Å²) in [6, 6.07) is 22.6. The molecule has 1 aliphatic rings. The molecule has 0 unspecified atom stereocenters. The van der Waals surface area contributed by atoms with E-state index >= 15 is 0 Å². The number of aromatic nitrogens is 1. The van der Waals surface area contributed by atoms with E-state index in [0.29, 0.717) is 17.9 Å². The summed E-state index contributed by atoms with van der Waals surface area (Å²) in [5.74, 6) is 0.360. The molecule has 2 N–H and O–H groups in total. The fourth-order valence-corrected chi connectivity index (χ4v) is 4.16. The first-order valence-electron chi connectivity index (χ1n) is 12.3. The molecular formula is C29H33N5O2. The lowest BCUT2D eigenvalue weighted by atomic mass is 9.85. The Morgan fingerprint density at radius 3 is 2.50 bits per heavy atom. The Balaban J connectivity index is 1.35. The van der Waals surface area contributed by atoms with Crippen molar-refractivity contribution in [2.75, 3.05) is 43.6 Å². The van der Waals surface area contributed by atoms with Gasteiger partial charge in [-0.05, 0) is 48.2 Å². The average Bonchev–Trinajstić information content (AvgIpc) is 2.90. The molecule has 4 rings (SSSR count). The molecule has 36 heavy (non-hydrogen) atoms. The van der Waals surface area contributed by atoms with Crippen LogP contribution in [0.2, 0.25) is 0 Å².